The minimum atomic E-state index is -0.674. The van der Waals surface area contributed by atoms with Crippen molar-refractivity contribution in [2.24, 2.45) is 11.8 Å². The number of amides is 3. The second kappa shape index (κ2) is 35.9. The van der Waals surface area contributed by atoms with Crippen LogP contribution in [0, 0.1) is 39.5 Å². The van der Waals surface area contributed by atoms with Gasteiger partial charge in [0, 0.05) is 107 Å². The van der Waals surface area contributed by atoms with Crippen LogP contribution in [-0.2, 0) is 43.5 Å². The van der Waals surface area contributed by atoms with Crippen molar-refractivity contribution >= 4 is 40.8 Å². The third-order valence-electron chi connectivity index (χ3n) is 16.4. The van der Waals surface area contributed by atoms with Gasteiger partial charge in [-0.2, -0.15) is 0 Å². The van der Waals surface area contributed by atoms with E-state index in [-0.39, 0.29) is 106 Å². The first-order valence-electron chi connectivity index (χ1n) is 31.9. The number of benzene rings is 4. The number of ether oxygens (including phenoxy) is 1. The van der Waals surface area contributed by atoms with Gasteiger partial charge in [-0.15, -0.1) is 0 Å². The molecular weight excluding hydrogens is 1200 g/mol. The molecule has 4 aromatic carbocycles. The van der Waals surface area contributed by atoms with E-state index in [1.54, 1.807) is 75.9 Å². The van der Waals surface area contributed by atoms with Crippen molar-refractivity contribution in [3.63, 3.8) is 0 Å². The van der Waals surface area contributed by atoms with Gasteiger partial charge in [-0.3, -0.25) is 39.1 Å². The minimum absolute atomic E-state index is 0.0640. The Bertz CT molecular complexity index is 3850. The molecule has 0 bridgehead atoms. The first-order chi connectivity index (χ1) is 45.7. The lowest BCUT2D eigenvalue weighted by Crippen LogP contribution is -2.38. The number of hydrogen-bond acceptors (Lipinski definition) is 17. The zero-order chi connectivity index (χ0) is 68.6. The molecule has 95 heavy (non-hydrogen) atoms. The highest BCUT2D eigenvalue weighted by Crippen LogP contribution is 2.35. The lowest BCUT2D eigenvalue weighted by molar-refractivity contribution is 0.0201. The number of aryl methyl sites for hydroxylation is 2. The fourth-order valence-electron chi connectivity index (χ4n) is 10.6. The Morgan fingerprint density at radius 2 is 0.863 bits per heavy atom. The summed E-state index contributed by atoms with van der Waals surface area (Å²) < 4.78 is 5.45. The number of pyridine rings is 4. The summed E-state index contributed by atoms with van der Waals surface area (Å²) in [6, 6.07) is 37.2. The number of carbonyl (C=O) groups excluding carboxylic acids is 5. The lowest BCUT2D eigenvalue weighted by Gasteiger charge is -2.27. The Morgan fingerprint density at radius 3 is 1.24 bits per heavy atom. The van der Waals surface area contributed by atoms with Crippen molar-refractivity contribution in [2.75, 3.05) is 63.4 Å². The van der Waals surface area contributed by atoms with Crippen LogP contribution in [0.25, 0.3) is 22.3 Å². The molecule has 0 fully saturated rings. The normalized spacial score (nSPS) is 11.3. The summed E-state index contributed by atoms with van der Waals surface area (Å²) >= 11 is 0. The molecule has 8 aromatic rings. The van der Waals surface area contributed by atoms with E-state index in [1.807, 2.05) is 119 Å². The number of ketones is 2. The quantitative estimate of drug-likeness (QED) is 0.0149. The van der Waals surface area contributed by atoms with E-state index in [0.29, 0.717) is 72.8 Å². The number of aliphatic hydroxyl groups is 6. The van der Waals surface area contributed by atoms with E-state index in [0.717, 1.165) is 72.3 Å². The molecule has 500 valence electrons. The molecule has 0 aliphatic carbocycles. The van der Waals surface area contributed by atoms with Crippen LogP contribution in [0.5, 0.6) is 0 Å². The number of Topliss-reactive ketones (excluding diaryl/α,β-unsaturated/α-hetero) is 2. The monoisotopic (exact) mass is 1290 g/mol. The van der Waals surface area contributed by atoms with Crippen molar-refractivity contribution in [1.29, 1.82) is 0 Å². The topological polar surface area (TPSA) is 307 Å². The van der Waals surface area contributed by atoms with Gasteiger partial charge in [0.2, 0.25) is 0 Å². The van der Waals surface area contributed by atoms with Gasteiger partial charge in [-0.05, 0) is 188 Å². The minimum Gasteiger partial charge on any atom is -0.444 e. The van der Waals surface area contributed by atoms with Crippen LogP contribution in [0.4, 0.5) is 16.2 Å². The summed E-state index contributed by atoms with van der Waals surface area (Å²) in [6.45, 7) is 14.1. The van der Waals surface area contributed by atoms with Gasteiger partial charge in [0.15, 0.2) is 11.6 Å². The largest absolute Gasteiger partial charge is 0.444 e. The van der Waals surface area contributed by atoms with Crippen LogP contribution in [0.15, 0.2) is 146 Å². The van der Waals surface area contributed by atoms with E-state index in [2.05, 4.69) is 35.9 Å². The Kier molecular flexibility index (Phi) is 27.6. The van der Waals surface area contributed by atoms with E-state index in [9.17, 15) is 49.5 Å². The fourth-order valence-corrected chi connectivity index (χ4v) is 10.6. The number of aliphatic hydroxyl groups excluding tert-OH is 6. The molecule has 20 nitrogen and oxygen atoms in total. The van der Waals surface area contributed by atoms with Crippen LogP contribution in [0.1, 0.15) is 131 Å². The molecule has 0 saturated heterocycles. The molecule has 0 aliphatic rings. The van der Waals surface area contributed by atoms with Gasteiger partial charge in [0.1, 0.15) is 28.4 Å². The Hall–Kier alpha value is -9.25. The van der Waals surface area contributed by atoms with E-state index in [1.165, 1.54) is 4.90 Å². The maximum atomic E-state index is 13.4. The number of aromatic nitrogens is 4. The molecule has 4 aromatic heterocycles. The number of nitrogens with zero attached hydrogens (tertiary/aromatic N) is 5. The van der Waals surface area contributed by atoms with Crippen LogP contribution < -0.4 is 16.0 Å². The first-order valence-corrected chi connectivity index (χ1v) is 31.9. The highest BCUT2D eigenvalue weighted by Gasteiger charge is 2.24. The molecule has 20 heteroatoms. The number of nitrogens with one attached hydrogen (secondary N) is 3. The molecule has 0 atom stereocenters. The number of anilines is 2. The summed E-state index contributed by atoms with van der Waals surface area (Å²) in [4.78, 5) is 84.0. The summed E-state index contributed by atoms with van der Waals surface area (Å²) in [5.41, 5.74) is 14.6. The molecule has 8 rings (SSSR count). The molecule has 0 spiro atoms. The van der Waals surface area contributed by atoms with Crippen LogP contribution >= 0.6 is 0 Å². The second-order valence-corrected chi connectivity index (χ2v) is 24.5. The van der Waals surface area contributed by atoms with Gasteiger partial charge < -0.3 is 56.2 Å². The molecule has 0 saturated carbocycles. The smallest absolute Gasteiger partial charge is 0.410 e. The summed E-state index contributed by atoms with van der Waals surface area (Å²) in [7, 11) is 0. The molecule has 3 amide bonds. The zero-order valence-electron chi connectivity index (χ0n) is 55.2. The SMILES string of the molecule is Cc1c(CC(=O)c2ccc(CN(CCO)C(=O)OC(C)(C)C)cn2)cccc1-c1cccc(NC(=O)c2ccc(CCC(CO)CO)cn2)c1C.Cc1c(CC(=O)c2ccc(CNCCO)cn2)cccc1-c1cccc(NC(=O)c2ccc(CCC(CO)CO)cn2)c1C. The Labute approximate surface area is 555 Å². The molecular formula is C75H88N8O12. The molecule has 0 unspecified atom stereocenters. The highest BCUT2D eigenvalue weighted by molar-refractivity contribution is 6.05. The third kappa shape index (κ3) is 21.1. The van der Waals surface area contributed by atoms with Crippen molar-refractivity contribution in [3.05, 3.63) is 225 Å². The van der Waals surface area contributed by atoms with Gasteiger partial charge in [-0.1, -0.05) is 84.9 Å². The average Bonchev–Trinajstić information content (AvgIpc) is 0.819. The van der Waals surface area contributed by atoms with Gasteiger partial charge in [-0.25, -0.2) is 4.79 Å². The summed E-state index contributed by atoms with van der Waals surface area (Å²) in [5, 5.41) is 64.5. The summed E-state index contributed by atoms with van der Waals surface area (Å²) in [5.74, 6) is -1.24. The highest BCUT2D eigenvalue weighted by atomic mass is 16.6. The molecule has 0 radical (unpaired) electrons. The number of rotatable bonds is 30. The maximum Gasteiger partial charge on any atom is 0.410 e. The lowest BCUT2D eigenvalue weighted by atomic mass is 9.91. The van der Waals surface area contributed by atoms with Crippen LogP contribution in [0.3, 0.4) is 0 Å². The predicted molar refractivity (Wildman–Crippen MR) is 366 cm³/mol. The molecule has 0 aliphatic heterocycles. The molecule has 9 N–H and O–H groups in total. The van der Waals surface area contributed by atoms with Crippen molar-refractivity contribution in [3.8, 4) is 22.3 Å². The summed E-state index contributed by atoms with van der Waals surface area (Å²) in [6.07, 6.45) is 8.89. The van der Waals surface area contributed by atoms with Crippen molar-refractivity contribution < 1.29 is 59.3 Å². The standard InChI is InChI=1S/C40H48N4O7.C35H40N4O5/c1-26-31(20-37(48)35-16-15-29(22-41-35)23-44(18-19-45)39(50)51-40(3,4)5)8-6-9-32(26)33-10-7-11-34(27(33)2)43-38(49)36-17-14-28(21-42-36)12-13-30(24-46)25-47;1-23-28(17-34(43)32-13-12-26(20-37-32)18-36-15-16-40)5-3-6-29(23)30-7-4-8-31(24(30)2)39-35(44)33-14-11-25(19-38-33)9-10-27(21-41)22-42/h6-11,14-17,21-22,30,45-47H,12-13,18-20,23-25H2,1-5H3,(H,43,49);3-8,11-14,19-20,27,36,40-42H,9-10,15-18,21-22H2,1-2H3,(H,39,44). The van der Waals surface area contributed by atoms with E-state index in [4.69, 9.17) is 9.84 Å². The van der Waals surface area contributed by atoms with Crippen LogP contribution in [-0.4, -0.2) is 143 Å². The van der Waals surface area contributed by atoms with Crippen LogP contribution in [0.2, 0.25) is 0 Å². The van der Waals surface area contributed by atoms with Gasteiger partial charge in [0.05, 0.1) is 19.8 Å². The first kappa shape index (κ1) is 73.2. The zero-order valence-corrected chi connectivity index (χ0v) is 55.2. The second-order valence-electron chi connectivity index (χ2n) is 24.5. The fraction of sp³-hybridized carbons (Fsp3) is 0.347. The van der Waals surface area contributed by atoms with Gasteiger partial charge in [0.25, 0.3) is 11.8 Å². The number of hydrogen-bond donors (Lipinski definition) is 9. The van der Waals surface area contributed by atoms with Crippen molar-refractivity contribution in [1.82, 2.24) is 30.2 Å². The molecule has 4 heterocycles. The van der Waals surface area contributed by atoms with E-state index >= 15 is 0 Å². The average molecular weight is 1290 g/mol. The van der Waals surface area contributed by atoms with Crippen molar-refractivity contribution in [2.45, 2.75) is 106 Å². The maximum absolute atomic E-state index is 13.4. The third-order valence-corrected chi connectivity index (χ3v) is 16.4. The van der Waals surface area contributed by atoms with E-state index < -0.39 is 11.7 Å². The van der Waals surface area contributed by atoms with Gasteiger partial charge >= 0.3 is 6.09 Å². The predicted octanol–water partition coefficient (Wildman–Crippen LogP) is 9.75. The number of carbonyl (C=O) groups is 5. The Balaban J connectivity index is 0.000000271. The Morgan fingerprint density at radius 1 is 0.474 bits per heavy atom.